The third kappa shape index (κ3) is 2.06. The van der Waals surface area contributed by atoms with Crippen LogP contribution in [-0.2, 0) is 6.42 Å². The van der Waals surface area contributed by atoms with Gasteiger partial charge < -0.3 is 10.1 Å². The molecule has 0 bridgehead atoms. The van der Waals surface area contributed by atoms with Crippen molar-refractivity contribution < 1.29 is 4.74 Å². The Hall–Kier alpha value is -2.10. The second kappa shape index (κ2) is 4.41. The third-order valence-electron chi connectivity index (χ3n) is 2.81. The topological polar surface area (TPSA) is 47.0 Å². The number of hydrogen-bond acceptors (Lipinski definition) is 4. The summed E-state index contributed by atoms with van der Waals surface area (Å²) in [4.78, 5) is 7.93. The number of benzene rings is 1. The van der Waals surface area contributed by atoms with E-state index in [2.05, 4.69) is 21.4 Å². The molecule has 0 atom stereocenters. The Bertz CT molecular complexity index is 513. The molecular weight excluding hydrogens is 214 g/mol. The summed E-state index contributed by atoms with van der Waals surface area (Å²) in [5.41, 5.74) is 2.40. The summed E-state index contributed by atoms with van der Waals surface area (Å²) in [6.45, 7) is 0.997. The second-order valence-corrected chi connectivity index (χ2v) is 3.97. The quantitative estimate of drug-likeness (QED) is 0.856. The molecule has 17 heavy (non-hydrogen) atoms. The molecule has 4 heteroatoms. The fourth-order valence-electron chi connectivity index (χ4n) is 2.01. The molecule has 0 amide bonds. The monoisotopic (exact) mass is 227 g/mol. The minimum atomic E-state index is 0.570. The number of aromatic nitrogens is 2. The number of nitrogens with one attached hydrogen (secondary N) is 1. The van der Waals surface area contributed by atoms with Crippen LogP contribution in [0, 0.1) is 0 Å². The summed E-state index contributed by atoms with van der Waals surface area (Å²) in [5.74, 6) is 1.40. The number of ether oxygens (including phenoxy) is 1. The van der Waals surface area contributed by atoms with Gasteiger partial charge in [0.25, 0.3) is 0 Å². The van der Waals surface area contributed by atoms with E-state index in [0.29, 0.717) is 5.88 Å². The molecule has 3 rings (SSSR count). The zero-order valence-corrected chi connectivity index (χ0v) is 9.39. The Balaban J connectivity index is 1.93. The molecule has 0 saturated heterocycles. The molecule has 1 N–H and O–H groups in total. The van der Waals surface area contributed by atoms with Crippen molar-refractivity contribution in [3.63, 3.8) is 0 Å². The minimum Gasteiger partial charge on any atom is -0.437 e. The van der Waals surface area contributed by atoms with Crippen LogP contribution >= 0.6 is 0 Å². The number of para-hydroxylation sites is 1. The molecule has 0 unspecified atom stereocenters. The van der Waals surface area contributed by atoms with E-state index >= 15 is 0 Å². The number of hydrogen-bond donors (Lipinski definition) is 1. The third-order valence-corrected chi connectivity index (χ3v) is 2.81. The van der Waals surface area contributed by atoms with Crippen molar-refractivity contribution >= 4 is 5.69 Å². The summed E-state index contributed by atoms with van der Waals surface area (Å²) in [5, 5.41) is 3.38. The standard InChI is InChI=1S/C13H13N3O/c1-3-10-4-2-7-15-13(10)11(5-1)17-12-6-8-14-9-16-12/h1,3,5-6,8-9,15H,2,4,7H2. The van der Waals surface area contributed by atoms with Crippen molar-refractivity contribution in [1.82, 2.24) is 9.97 Å². The molecule has 4 nitrogen and oxygen atoms in total. The van der Waals surface area contributed by atoms with Crippen molar-refractivity contribution in [3.05, 3.63) is 42.4 Å². The molecule has 1 aromatic heterocycles. The van der Waals surface area contributed by atoms with Gasteiger partial charge >= 0.3 is 0 Å². The molecule has 0 radical (unpaired) electrons. The number of fused-ring (bicyclic) bond motifs is 1. The molecule has 86 valence electrons. The lowest BCUT2D eigenvalue weighted by atomic mass is 10.0. The van der Waals surface area contributed by atoms with E-state index < -0.39 is 0 Å². The summed E-state index contributed by atoms with van der Waals surface area (Å²) < 4.78 is 5.76. The summed E-state index contributed by atoms with van der Waals surface area (Å²) in [6, 6.07) is 7.86. The van der Waals surface area contributed by atoms with E-state index in [4.69, 9.17) is 4.74 Å². The fourth-order valence-corrected chi connectivity index (χ4v) is 2.01. The molecule has 1 aromatic carbocycles. The molecule has 1 aliphatic heterocycles. The maximum atomic E-state index is 5.76. The Labute approximate surface area is 99.7 Å². The van der Waals surface area contributed by atoms with Crippen molar-refractivity contribution in [1.29, 1.82) is 0 Å². The van der Waals surface area contributed by atoms with Gasteiger partial charge in [-0.2, -0.15) is 0 Å². The molecular formula is C13H13N3O. The van der Waals surface area contributed by atoms with Gasteiger partial charge in [-0.3, -0.25) is 0 Å². The lowest BCUT2D eigenvalue weighted by Gasteiger charge is -2.20. The number of nitrogens with zero attached hydrogens (tertiary/aromatic N) is 2. The Morgan fingerprint density at radius 1 is 1.24 bits per heavy atom. The van der Waals surface area contributed by atoms with Gasteiger partial charge in [-0.1, -0.05) is 12.1 Å². The van der Waals surface area contributed by atoms with Crippen LogP contribution in [0.4, 0.5) is 5.69 Å². The minimum absolute atomic E-state index is 0.570. The lowest BCUT2D eigenvalue weighted by molar-refractivity contribution is 0.461. The van der Waals surface area contributed by atoms with Crippen LogP contribution in [0.3, 0.4) is 0 Å². The molecule has 0 fully saturated rings. The first-order chi connectivity index (χ1) is 8.43. The Morgan fingerprint density at radius 3 is 3.12 bits per heavy atom. The highest BCUT2D eigenvalue weighted by Crippen LogP contribution is 2.34. The largest absolute Gasteiger partial charge is 0.437 e. The first-order valence-electron chi connectivity index (χ1n) is 5.73. The van der Waals surface area contributed by atoms with Gasteiger partial charge in [-0.15, -0.1) is 0 Å². The van der Waals surface area contributed by atoms with Crippen LogP contribution < -0.4 is 10.1 Å². The van der Waals surface area contributed by atoms with E-state index in [1.807, 2.05) is 12.1 Å². The van der Waals surface area contributed by atoms with E-state index in [1.165, 1.54) is 18.3 Å². The molecule has 2 heterocycles. The van der Waals surface area contributed by atoms with Crippen LogP contribution in [0.5, 0.6) is 11.6 Å². The van der Waals surface area contributed by atoms with Crippen molar-refractivity contribution in [2.24, 2.45) is 0 Å². The van der Waals surface area contributed by atoms with Crippen molar-refractivity contribution in [2.75, 3.05) is 11.9 Å². The maximum Gasteiger partial charge on any atom is 0.222 e. The highest BCUT2D eigenvalue weighted by Gasteiger charge is 2.13. The predicted molar refractivity (Wildman–Crippen MR) is 65.4 cm³/mol. The van der Waals surface area contributed by atoms with Crippen LogP contribution in [0.2, 0.25) is 0 Å². The van der Waals surface area contributed by atoms with Crippen LogP contribution in [0.15, 0.2) is 36.8 Å². The molecule has 0 spiro atoms. The highest BCUT2D eigenvalue weighted by molar-refractivity contribution is 5.63. The lowest BCUT2D eigenvalue weighted by Crippen LogP contribution is -2.12. The smallest absolute Gasteiger partial charge is 0.222 e. The first kappa shape index (κ1) is 10.1. The SMILES string of the molecule is c1cc2c(c(Oc3ccncn3)c1)NCCC2. The Kier molecular flexibility index (Phi) is 2.62. The average Bonchev–Trinajstić information content (AvgIpc) is 2.40. The van der Waals surface area contributed by atoms with Gasteiger partial charge in [-0.25, -0.2) is 9.97 Å². The fraction of sp³-hybridized carbons (Fsp3) is 0.231. The normalized spacial score (nSPS) is 13.6. The molecule has 1 aliphatic rings. The molecule has 2 aromatic rings. The Morgan fingerprint density at radius 2 is 2.24 bits per heavy atom. The summed E-state index contributed by atoms with van der Waals surface area (Å²) in [7, 11) is 0. The first-order valence-corrected chi connectivity index (χ1v) is 5.73. The van der Waals surface area contributed by atoms with E-state index in [0.717, 1.165) is 24.4 Å². The average molecular weight is 227 g/mol. The number of aryl methyl sites for hydroxylation is 1. The van der Waals surface area contributed by atoms with E-state index in [-0.39, 0.29) is 0 Å². The van der Waals surface area contributed by atoms with E-state index in [9.17, 15) is 0 Å². The van der Waals surface area contributed by atoms with Gasteiger partial charge in [0.05, 0.1) is 5.69 Å². The zero-order chi connectivity index (χ0) is 11.5. The molecule has 0 saturated carbocycles. The van der Waals surface area contributed by atoms with Gasteiger partial charge in [0.15, 0.2) is 5.75 Å². The van der Waals surface area contributed by atoms with Gasteiger partial charge in [0.1, 0.15) is 6.33 Å². The summed E-state index contributed by atoms with van der Waals surface area (Å²) in [6.07, 6.45) is 5.43. The van der Waals surface area contributed by atoms with Gasteiger partial charge in [-0.05, 0) is 24.5 Å². The predicted octanol–water partition coefficient (Wildman–Crippen LogP) is 2.63. The van der Waals surface area contributed by atoms with Gasteiger partial charge in [0.2, 0.25) is 5.88 Å². The van der Waals surface area contributed by atoms with Crippen molar-refractivity contribution in [2.45, 2.75) is 12.8 Å². The van der Waals surface area contributed by atoms with Crippen molar-refractivity contribution in [3.8, 4) is 11.6 Å². The van der Waals surface area contributed by atoms with Crippen LogP contribution in [0.25, 0.3) is 0 Å². The number of anilines is 1. The molecule has 0 aliphatic carbocycles. The van der Waals surface area contributed by atoms with Gasteiger partial charge in [0, 0.05) is 18.8 Å². The summed E-state index contributed by atoms with van der Waals surface area (Å²) >= 11 is 0. The maximum absolute atomic E-state index is 5.76. The van der Waals surface area contributed by atoms with Crippen LogP contribution in [-0.4, -0.2) is 16.5 Å². The second-order valence-electron chi connectivity index (χ2n) is 3.97. The number of rotatable bonds is 2. The van der Waals surface area contributed by atoms with Crippen LogP contribution in [0.1, 0.15) is 12.0 Å². The van der Waals surface area contributed by atoms with E-state index in [1.54, 1.807) is 12.3 Å². The highest BCUT2D eigenvalue weighted by atomic mass is 16.5. The zero-order valence-electron chi connectivity index (χ0n) is 9.39.